The maximum absolute atomic E-state index is 12.6. The fourth-order valence-electron chi connectivity index (χ4n) is 2.58. The topological polar surface area (TPSA) is 43.8 Å². The number of carbonyl (C=O) groups excluding carboxylic acids is 1. The molecule has 0 saturated carbocycles. The number of carbonyl (C=O) groups is 1. The van der Waals surface area contributed by atoms with Gasteiger partial charge in [-0.1, -0.05) is 23.2 Å². The van der Waals surface area contributed by atoms with Gasteiger partial charge in [-0.3, -0.25) is 4.79 Å². The summed E-state index contributed by atoms with van der Waals surface area (Å²) in [5, 5.41) is 10.7. The van der Waals surface area contributed by atoms with Gasteiger partial charge in [0.1, 0.15) is 0 Å². The standard InChI is InChI=1S/C14H18Cl2N2O2/c1-17(2)7-12-6-13(19)8-18(12)14(20)9-3-10(15)5-11(16)4-9/h3-5,12-13,19H,6-8H2,1-2H3. The van der Waals surface area contributed by atoms with E-state index in [1.165, 1.54) is 0 Å². The molecule has 2 atom stereocenters. The second-order valence-corrected chi connectivity index (χ2v) is 6.29. The first-order valence-corrected chi connectivity index (χ1v) is 7.22. The van der Waals surface area contributed by atoms with E-state index in [4.69, 9.17) is 23.2 Å². The van der Waals surface area contributed by atoms with Gasteiger partial charge in [0.05, 0.1) is 6.10 Å². The van der Waals surface area contributed by atoms with E-state index in [1.807, 2.05) is 19.0 Å². The zero-order valence-corrected chi connectivity index (χ0v) is 13.0. The number of halogens is 2. The maximum atomic E-state index is 12.6. The van der Waals surface area contributed by atoms with Crippen molar-refractivity contribution >= 4 is 29.1 Å². The first kappa shape index (κ1) is 15.6. The molecule has 0 spiro atoms. The molecule has 1 N–H and O–H groups in total. The van der Waals surface area contributed by atoms with E-state index in [0.29, 0.717) is 28.6 Å². The number of hydrogen-bond acceptors (Lipinski definition) is 3. The van der Waals surface area contributed by atoms with E-state index >= 15 is 0 Å². The number of likely N-dealkylation sites (N-methyl/N-ethyl adjacent to an activating group) is 1. The molecule has 6 heteroatoms. The number of nitrogens with zero attached hydrogens (tertiary/aromatic N) is 2. The Morgan fingerprint density at radius 1 is 1.35 bits per heavy atom. The van der Waals surface area contributed by atoms with Crippen LogP contribution in [0.1, 0.15) is 16.8 Å². The van der Waals surface area contributed by atoms with Crippen LogP contribution in [0.3, 0.4) is 0 Å². The van der Waals surface area contributed by atoms with Crippen LogP contribution in [-0.4, -0.2) is 60.1 Å². The lowest BCUT2D eigenvalue weighted by Gasteiger charge is -2.27. The highest BCUT2D eigenvalue weighted by molar-refractivity contribution is 6.35. The Kier molecular flexibility index (Phi) is 4.91. The molecule has 1 heterocycles. The molecule has 0 aromatic heterocycles. The Bertz CT molecular complexity index is 488. The maximum Gasteiger partial charge on any atom is 0.254 e. The second-order valence-electron chi connectivity index (χ2n) is 5.42. The van der Waals surface area contributed by atoms with E-state index in [0.717, 1.165) is 6.54 Å². The summed E-state index contributed by atoms with van der Waals surface area (Å²) in [7, 11) is 3.90. The number of aliphatic hydroxyl groups is 1. The zero-order chi connectivity index (χ0) is 14.9. The number of likely N-dealkylation sites (tertiary alicyclic amines) is 1. The third-order valence-corrected chi connectivity index (χ3v) is 3.78. The van der Waals surface area contributed by atoms with Crippen molar-refractivity contribution in [3.63, 3.8) is 0 Å². The highest BCUT2D eigenvalue weighted by Crippen LogP contribution is 2.24. The summed E-state index contributed by atoms with van der Waals surface area (Å²) in [6.45, 7) is 1.07. The van der Waals surface area contributed by atoms with Crippen molar-refractivity contribution in [1.29, 1.82) is 0 Å². The second kappa shape index (κ2) is 6.31. The average molecular weight is 317 g/mol. The summed E-state index contributed by atoms with van der Waals surface area (Å²) in [5.74, 6) is -0.141. The molecule has 2 unspecified atom stereocenters. The third kappa shape index (κ3) is 3.64. The molecule has 1 aliphatic rings. The van der Waals surface area contributed by atoms with E-state index in [-0.39, 0.29) is 11.9 Å². The van der Waals surface area contributed by atoms with Crippen LogP contribution in [0.15, 0.2) is 18.2 Å². The van der Waals surface area contributed by atoms with E-state index in [1.54, 1.807) is 23.1 Å². The summed E-state index contributed by atoms with van der Waals surface area (Å²) in [6.07, 6.45) is 0.122. The fraction of sp³-hybridized carbons (Fsp3) is 0.500. The summed E-state index contributed by atoms with van der Waals surface area (Å²) >= 11 is 11.9. The molecule has 20 heavy (non-hydrogen) atoms. The van der Waals surface area contributed by atoms with Crippen LogP contribution in [0.2, 0.25) is 10.0 Å². The van der Waals surface area contributed by atoms with Gasteiger partial charge in [0.15, 0.2) is 0 Å². The van der Waals surface area contributed by atoms with Crippen LogP contribution >= 0.6 is 23.2 Å². The monoisotopic (exact) mass is 316 g/mol. The molecule has 1 aliphatic heterocycles. The molecular formula is C14H18Cl2N2O2. The molecule has 1 fully saturated rings. The van der Waals surface area contributed by atoms with Crippen molar-refractivity contribution in [3.8, 4) is 0 Å². The third-order valence-electron chi connectivity index (χ3n) is 3.34. The molecule has 0 bridgehead atoms. The molecular weight excluding hydrogens is 299 g/mol. The average Bonchev–Trinajstić information content (AvgIpc) is 2.67. The van der Waals surface area contributed by atoms with Crippen LogP contribution in [0.4, 0.5) is 0 Å². The van der Waals surface area contributed by atoms with Crippen molar-refractivity contribution in [2.24, 2.45) is 0 Å². The predicted molar refractivity (Wildman–Crippen MR) is 80.5 cm³/mol. The summed E-state index contributed by atoms with van der Waals surface area (Å²) < 4.78 is 0. The number of rotatable bonds is 3. The Balaban J connectivity index is 2.22. The first-order chi connectivity index (χ1) is 9.36. The number of benzene rings is 1. The lowest BCUT2D eigenvalue weighted by molar-refractivity contribution is 0.0699. The zero-order valence-electron chi connectivity index (χ0n) is 11.5. The van der Waals surface area contributed by atoms with Gasteiger partial charge < -0.3 is 14.9 Å². The van der Waals surface area contributed by atoms with Gasteiger partial charge in [0, 0.05) is 34.7 Å². The highest BCUT2D eigenvalue weighted by atomic mass is 35.5. The molecule has 1 saturated heterocycles. The molecule has 2 rings (SSSR count). The van der Waals surface area contributed by atoms with Crippen LogP contribution in [0.5, 0.6) is 0 Å². The molecule has 4 nitrogen and oxygen atoms in total. The SMILES string of the molecule is CN(C)CC1CC(O)CN1C(=O)c1cc(Cl)cc(Cl)c1. The van der Waals surface area contributed by atoms with Gasteiger partial charge in [-0.2, -0.15) is 0 Å². The lowest BCUT2D eigenvalue weighted by atomic mass is 10.1. The minimum absolute atomic E-state index is 0.00487. The smallest absolute Gasteiger partial charge is 0.254 e. The minimum atomic E-state index is -0.474. The molecule has 1 aromatic carbocycles. The minimum Gasteiger partial charge on any atom is -0.391 e. The first-order valence-electron chi connectivity index (χ1n) is 6.46. The van der Waals surface area contributed by atoms with E-state index in [9.17, 15) is 9.90 Å². The normalized spacial score (nSPS) is 22.6. The lowest BCUT2D eigenvalue weighted by Crippen LogP contribution is -2.41. The number of aliphatic hydroxyl groups excluding tert-OH is 1. The summed E-state index contributed by atoms with van der Waals surface area (Å²) in [4.78, 5) is 16.3. The van der Waals surface area contributed by atoms with Gasteiger partial charge in [0.2, 0.25) is 0 Å². The van der Waals surface area contributed by atoms with Crippen molar-refractivity contribution in [2.75, 3.05) is 27.2 Å². The Hall–Kier alpha value is -0.810. The van der Waals surface area contributed by atoms with Gasteiger partial charge in [-0.25, -0.2) is 0 Å². The predicted octanol–water partition coefficient (Wildman–Crippen LogP) is 2.13. The summed E-state index contributed by atoms with van der Waals surface area (Å²) in [5.41, 5.74) is 0.459. The summed E-state index contributed by atoms with van der Waals surface area (Å²) in [6, 6.07) is 4.81. The Morgan fingerprint density at radius 2 is 1.95 bits per heavy atom. The Morgan fingerprint density at radius 3 is 2.50 bits per heavy atom. The van der Waals surface area contributed by atoms with Gasteiger partial charge in [-0.15, -0.1) is 0 Å². The van der Waals surface area contributed by atoms with Gasteiger partial charge in [-0.05, 0) is 38.7 Å². The molecule has 1 aromatic rings. The van der Waals surface area contributed by atoms with Crippen LogP contribution < -0.4 is 0 Å². The highest BCUT2D eigenvalue weighted by Gasteiger charge is 2.35. The Labute approximate surface area is 128 Å². The van der Waals surface area contributed by atoms with Crippen molar-refractivity contribution < 1.29 is 9.90 Å². The van der Waals surface area contributed by atoms with Gasteiger partial charge in [0.25, 0.3) is 5.91 Å². The van der Waals surface area contributed by atoms with Crippen molar-refractivity contribution in [3.05, 3.63) is 33.8 Å². The molecule has 110 valence electrons. The van der Waals surface area contributed by atoms with Gasteiger partial charge >= 0.3 is 0 Å². The van der Waals surface area contributed by atoms with Crippen molar-refractivity contribution in [1.82, 2.24) is 9.80 Å². The quantitative estimate of drug-likeness (QED) is 0.929. The fourth-order valence-corrected chi connectivity index (χ4v) is 3.10. The molecule has 0 aliphatic carbocycles. The van der Waals surface area contributed by atoms with Crippen LogP contribution in [-0.2, 0) is 0 Å². The largest absolute Gasteiger partial charge is 0.391 e. The van der Waals surface area contributed by atoms with E-state index in [2.05, 4.69) is 0 Å². The number of hydrogen-bond donors (Lipinski definition) is 1. The molecule has 1 amide bonds. The van der Waals surface area contributed by atoms with E-state index < -0.39 is 6.10 Å². The number of β-amino-alcohol motifs (C(OH)–C–C–N with tert-alkyl or cyclic N) is 1. The van der Waals surface area contributed by atoms with Crippen LogP contribution in [0, 0.1) is 0 Å². The van der Waals surface area contributed by atoms with Crippen LogP contribution in [0.25, 0.3) is 0 Å². The van der Waals surface area contributed by atoms with Crippen molar-refractivity contribution in [2.45, 2.75) is 18.6 Å². The number of amides is 1. The molecule has 0 radical (unpaired) electrons.